The van der Waals surface area contributed by atoms with Gasteiger partial charge in [-0.1, -0.05) is 27.2 Å². The van der Waals surface area contributed by atoms with Crippen molar-refractivity contribution >= 4 is 0 Å². The molecule has 1 aromatic rings. The molecule has 0 aliphatic heterocycles. The summed E-state index contributed by atoms with van der Waals surface area (Å²) >= 11 is 0. The Labute approximate surface area is 106 Å². The fourth-order valence-electron chi connectivity index (χ4n) is 2.66. The molecule has 0 radical (unpaired) electrons. The summed E-state index contributed by atoms with van der Waals surface area (Å²) in [5.74, 6) is 2.17. The zero-order valence-electron chi connectivity index (χ0n) is 12.4. The van der Waals surface area contributed by atoms with Crippen LogP contribution < -0.4 is 4.57 Å². The third kappa shape index (κ3) is 3.58. The van der Waals surface area contributed by atoms with Crippen molar-refractivity contribution < 1.29 is 4.57 Å². The fourth-order valence-corrected chi connectivity index (χ4v) is 2.66. The van der Waals surface area contributed by atoms with Crippen molar-refractivity contribution in [3.05, 3.63) is 17.2 Å². The molecule has 1 aromatic heterocycles. The molecule has 0 aromatic carbocycles. The molecule has 1 rings (SSSR count). The molecule has 1 N–H and O–H groups in total. The van der Waals surface area contributed by atoms with Crippen LogP contribution in [0.4, 0.5) is 0 Å². The Kier molecular flexibility index (Phi) is 5.23. The zero-order chi connectivity index (χ0) is 13.0. The molecule has 17 heavy (non-hydrogen) atoms. The van der Waals surface area contributed by atoms with Crippen LogP contribution in [0.3, 0.4) is 0 Å². The lowest BCUT2D eigenvalue weighted by atomic mass is 10.0. The highest BCUT2D eigenvalue weighted by molar-refractivity contribution is 5.03. The van der Waals surface area contributed by atoms with Gasteiger partial charge in [-0.15, -0.1) is 0 Å². The minimum Gasteiger partial charge on any atom is -0.245 e. The van der Waals surface area contributed by atoms with Crippen LogP contribution in [-0.2, 0) is 6.42 Å². The first-order valence-electron chi connectivity index (χ1n) is 7.06. The molecule has 0 saturated carbocycles. The lowest BCUT2D eigenvalue weighted by Gasteiger charge is -2.14. The van der Waals surface area contributed by atoms with E-state index in [1.807, 2.05) is 0 Å². The second kappa shape index (κ2) is 6.23. The maximum atomic E-state index is 3.56. The SMILES string of the molecule is CCCCc1[nH]c(C)c(C)[n+]1C(C)CC(C)C. The Hall–Kier alpha value is -0.790. The summed E-state index contributed by atoms with van der Waals surface area (Å²) in [6.45, 7) is 13.6. The second-order valence-corrected chi connectivity index (χ2v) is 5.73. The van der Waals surface area contributed by atoms with E-state index in [-0.39, 0.29) is 0 Å². The number of aromatic nitrogens is 2. The Bertz CT molecular complexity index is 350. The molecule has 0 aliphatic rings. The second-order valence-electron chi connectivity index (χ2n) is 5.73. The molecule has 2 nitrogen and oxygen atoms in total. The normalized spacial score (nSPS) is 13.4. The van der Waals surface area contributed by atoms with E-state index >= 15 is 0 Å². The molecule has 0 fully saturated rings. The summed E-state index contributed by atoms with van der Waals surface area (Å²) in [5.41, 5.74) is 2.73. The first kappa shape index (κ1) is 14.3. The number of hydrogen-bond donors (Lipinski definition) is 1. The predicted molar refractivity (Wildman–Crippen MR) is 73.2 cm³/mol. The van der Waals surface area contributed by atoms with E-state index in [9.17, 15) is 0 Å². The highest BCUT2D eigenvalue weighted by atomic mass is 15.1. The Morgan fingerprint density at radius 3 is 2.35 bits per heavy atom. The van der Waals surface area contributed by atoms with Gasteiger partial charge in [0.2, 0.25) is 0 Å². The van der Waals surface area contributed by atoms with Gasteiger partial charge in [-0.25, -0.2) is 9.55 Å². The minimum atomic E-state index is 0.604. The maximum absolute atomic E-state index is 3.56. The van der Waals surface area contributed by atoms with E-state index < -0.39 is 0 Å². The number of imidazole rings is 1. The average Bonchev–Trinajstić information content (AvgIpc) is 2.51. The van der Waals surface area contributed by atoms with Crippen molar-refractivity contribution in [3.63, 3.8) is 0 Å². The quantitative estimate of drug-likeness (QED) is 0.725. The number of H-pyrrole nitrogens is 1. The van der Waals surface area contributed by atoms with Crippen molar-refractivity contribution in [2.45, 2.75) is 73.3 Å². The topological polar surface area (TPSA) is 19.7 Å². The number of nitrogens with one attached hydrogen (secondary N) is 1. The number of hydrogen-bond acceptors (Lipinski definition) is 0. The standard InChI is InChI=1S/C15H28N2/c1-7-8-9-15-16-13(5)14(6)17(15)12(4)10-11(2)3/h11-12H,7-10H2,1-6H3/p+1. The van der Waals surface area contributed by atoms with E-state index in [2.05, 4.69) is 51.1 Å². The van der Waals surface area contributed by atoms with Gasteiger partial charge >= 0.3 is 0 Å². The van der Waals surface area contributed by atoms with Gasteiger partial charge in [-0.3, -0.25) is 0 Å². The fraction of sp³-hybridized carbons (Fsp3) is 0.800. The summed E-state index contributed by atoms with van der Waals surface area (Å²) in [4.78, 5) is 3.56. The van der Waals surface area contributed by atoms with Gasteiger partial charge in [-0.05, 0) is 25.7 Å². The van der Waals surface area contributed by atoms with E-state index in [4.69, 9.17) is 0 Å². The highest BCUT2D eigenvalue weighted by Gasteiger charge is 2.23. The van der Waals surface area contributed by atoms with Crippen LogP contribution in [0, 0.1) is 19.8 Å². The van der Waals surface area contributed by atoms with Crippen LogP contribution in [0.15, 0.2) is 0 Å². The van der Waals surface area contributed by atoms with E-state index in [0.717, 1.165) is 5.92 Å². The largest absolute Gasteiger partial charge is 0.254 e. The summed E-state index contributed by atoms with van der Waals surface area (Å²) in [6.07, 6.45) is 4.96. The molecule has 0 bridgehead atoms. The van der Waals surface area contributed by atoms with Gasteiger partial charge in [0.1, 0.15) is 11.4 Å². The molecular weight excluding hydrogens is 208 g/mol. The molecular formula is C15H29N2+. The molecule has 0 saturated heterocycles. The van der Waals surface area contributed by atoms with E-state index in [1.54, 1.807) is 0 Å². The van der Waals surface area contributed by atoms with Crippen LogP contribution in [0.1, 0.15) is 70.2 Å². The first-order valence-corrected chi connectivity index (χ1v) is 7.06. The summed E-state index contributed by atoms with van der Waals surface area (Å²) < 4.78 is 2.52. The van der Waals surface area contributed by atoms with E-state index in [0.29, 0.717) is 6.04 Å². The Morgan fingerprint density at radius 1 is 1.18 bits per heavy atom. The van der Waals surface area contributed by atoms with Gasteiger partial charge in [0, 0.05) is 20.3 Å². The van der Waals surface area contributed by atoms with Gasteiger partial charge in [0.05, 0.1) is 6.04 Å². The molecule has 0 amide bonds. The van der Waals surface area contributed by atoms with Crippen molar-refractivity contribution in [2.24, 2.45) is 5.92 Å². The third-order valence-corrected chi connectivity index (χ3v) is 3.55. The van der Waals surface area contributed by atoms with Gasteiger partial charge in [-0.2, -0.15) is 0 Å². The average molecular weight is 237 g/mol. The van der Waals surface area contributed by atoms with Crippen LogP contribution >= 0.6 is 0 Å². The number of nitrogens with zero attached hydrogens (tertiary/aromatic N) is 1. The third-order valence-electron chi connectivity index (χ3n) is 3.55. The van der Waals surface area contributed by atoms with Crippen LogP contribution in [0.2, 0.25) is 0 Å². The van der Waals surface area contributed by atoms with Crippen LogP contribution in [0.25, 0.3) is 0 Å². The molecule has 2 heteroatoms. The molecule has 1 unspecified atom stereocenters. The molecule has 0 spiro atoms. The van der Waals surface area contributed by atoms with E-state index in [1.165, 1.54) is 42.9 Å². The van der Waals surface area contributed by atoms with Crippen LogP contribution in [0.5, 0.6) is 0 Å². The van der Waals surface area contributed by atoms with Gasteiger partial charge in [0.15, 0.2) is 0 Å². The Balaban J connectivity index is 2.94. The van der Waals surface area contributed by atoms with Gasteiger partial charge < -0.3 is 0 Å². The maximum Gasteiger partial charge on any atom is 0.254 e. The zero-order valence-corrected chi connectivity index (χ0v) is 12.4. The van der Waals surface area contributed by atoms with Crippen LogP contribution in [-0.4, -0.2) is 4.98 Å². The summed E-state index contributed by atoms with van der Waals surface area (Å²) in [7, 11) is 0. The smallest absolute Gasteiger partial charge is 0.245 e. The first-order chi connectivity index (χ1) is 7.97. The number of aryl methyl sites for hydroxylation is 2. The highest BCUT2D eigenvalue weighted by Crippen LogP contribution is 2.15. The molecule has 1 atom stereocenters. The summed E-state index contributed by atoms with van der Waals surface area (Å²) in [6, 6.07) is 0.604. The van der Waals surface area contributed by atoms with Crippen molar-refractivity contribution in [1.29, 1.82) is 0 Å². The lowest BCUT2D eigenvalue weighted by molar-refractivity contribution is -0.732. The predicted octanol–water partition coefficient (Wildman–Crippen LogP) is 3.87. The van der Waals surface area contributed by atoms with Crippen molar-refractivity contribution in [3.8, 4) is 0 Å². The molecule has 98 valence electrons. The van der Waals surface area contributed by atoms with Gasteiger partial charge in [0.25, 0.3) is 5.82 Å². The van der Waals surface area contributed by atoms with Crippen molar-refractivity contribution in [1.82, 2.24) is 4.98 Å². The number of aromatic amines is 1. The number of unbranched alkanes of at least 4 members (excludes halogenated alkanes) is 1. The minimum absolute atomic E-state index is 0.604. The Morgan fingerprint density at radius 2 is 1.82 bits per heavy atom. The number of rotatable bonds is 6. The summed E-state index contributed by atoms with van der Waals surface area (Å²) in [5, 5.41) is 0. The monoisotopic (exact) mass is 237 g/mol. The van der Waals surface area contributed by atoms with Crippen molar-refractivity contribution in [2.75, 3.05) is 0 Å². The molecule has 0 aliphatic carbocycles. The lowest BCUT2D eigenvalue weighted by Crippen LogP contribution is -2.43. The molecule has 1 heterocycles.